The van der Waals surface area contributed by atoms with Gasteiger partial charge in [-0.05, 0) is 36.9 Å². The van der Waals surface area contributed by atoms with E-state index in [1.54, 1.807) is 12.3 Å². The highest BCUT2D eigenvalue weighted by atomic mass is 32.2. The standard InChI is InChI=1S/C29H32FN7O4S2/c1-35-9-11-36(12-10-35)16-19-3-5-23(32-15-19)27-14-24-28(42-27)26(7-8-31-24)41-25-6-4-20(13-22(25)30)33-29(38)34-21-17-37(18-21)43(2,39)40/h3-8,13-15,21H,9-12,16-18H2,1-2H3,(H2,33,34,38). The van der Waals surface area contributed by atoms with Crippen LogP contribution in [-0.2, 0) is 16.6 Å². The topological polar surface area (TPSA) is 120 Å². The molecule has 5 heterocycles. The van der Waals surface area contributed by atoms with Crippen molar-refractivity contribution < 1.29 is 22.3 Å². The Labute approximate surface area is 253 Å². The molecule has 0 unspecified atom stereocenters. The summed E-state index contributed by atoms with van der Waals surface area (Å²) >= 11 is 1.48. The van der Waals surface area contributed by atoms with Crippen LogP contribution in [0.5, 0.6) is 11.5 Å². The maximum Gasteiger partial charge on any atom is 0.319 e. The van der Waals surface area contributed by atoms with E-state index < -0.39 is 21.9 Å². The zero-order chi connectivity index (χ0) is 30.1. The number of anilines is 1. The third-order valence-corrected chi connectivity index (χ3v) is 9.91. The molecule has 4 aromatic rings. The zero-order valence-electron chi connectivity index (χ0n) is 23.8. The van der Waals surface area contributed by atoms with Crippen LogP contribution < -0.4 is 15.4 Å². The van der Waals surface area contributed by atoms with Gasteiger partial charge >= 0.3 is 6.03 Å². The highest BCUT2D eigenvalue weighted by Crippen LogP contribution is 2.39. The van der Waals surface area contributed by atoms with E-state index in [1.165, 1.54) is 39.4 Å². The van der Waals surface area contributed by atoms with Crippen molar-refractivity contribution in [2.75, 3.05) is 57.9 Å². The number of piperazine rings is 1. The number of carbonyl (C=O) groups excluding carboxylic acids is 1. The summed E-state index contributed by atoms with van der Waals surface area (Å²) in [5, 5.41) is 5.25. The molecule has 2 saturated heterocycles. The number of nitrogens with zero attached hydrogens (tertiary/aromatic N) is 5. The van der Waals surface area contributed by atoms with E-state index in [1.807, 2.05) is 18.3 Å². The van der Waals surface area contributed by atoms with Gasteiger partial charge in [-0.3, -0.25) is 14.9 Å². The third kappa shape index (κ3) is 6.94. The van der Waals surface area contributed by atoms with Crippen LogP contribution in [0, 0.1) is 5.82 Å². The molecule has 2 N–H and O–H groups in total. The fraction of sp³-hybridized carbons (Fsp3) is 0.345. The largest absolute Gasteiger partial charge is 0.453 e. The average Bonchev–Trinajstić information content (AvgIpc) is 3.38. The van der Waals surface area contributed by atoms with Crippen LogP contribution in [0.1, 0.15) is 5.56 Å². The molecule has 11 nitrogen and oxygen atoms in total. The Morgan fingerprint density at radius 3 is 2.56 bits per heavy atom. The van der Waals surface area contributed by atoms with Gasteiger partial charge in [0.2, 0.25) is 10.0 Å². The van der Waals surface area contributed by atoms with Gasteiger partial charge in [-0.15, -0.1) is 11.3 Å². The number of hydrogen-bond acceptors (Lipinski definition) is 9. The molecule has 1 aromatic carbocycles. The Balaban J connectivity index is 1.09. The SMILES string of the molecule is CN1CCN(Cc2ccc(-c3cc4nccc(Oc5ccc(NC(=O)NC6CN(S(C)(=O)=O)C6)cc5F)c4s3)nc2)CC1. The Morgan fingerprint density at radius 2 is 1.86 bits per heavy atom. The molecule has 226 valence electrons. The fourth-order valence-corrected chi connectivity index (χ4v) is 6.93. The molecule has 3 aromatic heterocycles. The second-order valence-electron chi connectivity index (χ2n) is 10.9. The Bertz CT molecular complexity index is 1740. The molecule has 0 atom stereocenters. The first-order chi connectivity index (χ1) is 20.6. The number of fused-ring (bicyclic) bond motifs is 1. The van der Waals surface area contributed by atoms with Gasteiger partial charge in [0, 0.05) is 76.0 Å². The lowest BCUT2D eigenvalue weighted by Gasteiger charge is -2.37. The predicted molar refractivity (Wildman–Crippen MR) is 164 cm³/mol. The monoisotopic (exact) mass is 625 g/mol. The number of amides is 2. The number of pyridine rings is 2. The third-order valence-electron chi connectivity index (χ3n) is 7.52. The van der Waals surface area contributed by atoms with Crippen molar-refractivity contribution in [3.8, 4) is 22.1 Å². The van der Waals surface area contributed by atoms with Crippen molar-refractivity contribution in [2.24, 2.45) is 0 Å². The Kier molecular flexibility index (Phi) is 8.29. The Morgan fingerprint density at radius 1 is 1.07 bits per heavy atom. The van der Waals surface area contributed by atoms with Gasteiger partial charge in [-0.1, -0.05) is 6.07 Å². The second-order valence-corrected chi connectivity index (χ2v) is 13.9. The van der Waals surface area contributed by atoms with Crippen molar-refractivity contribution in [3.05, 3.63) is 66.2 Å². The normalized spacial score (nSPS) is 17.1. The number of aromatic nitrogens is 2. The van der Waals surface area contributed by atoms with E-state index in [0.717, 1.165) is 59.8 Å². The van der Waals surface area contributed by atoms with Gasteiger partial charge in [0.1, 0.15) is 5.75 Å². The summed E-state index contributed by atoms with van der Waals surface area (Å²) in [7, 11) is -1.13. The molecule has 2 aliphatic rings. The van der Waals surface area contributed by atoms with Crippen LogP contribution in [0.25, 0.3) is 20.8 Å². The zero-order valence-corrected chi connectivity index (χ0v) is 25.4. The summed E-state index contributed by atoms with van der Waals surface area (Å²) in [6, 6.07) is 11.1. The van der Waals surface area contributed by atoms with Gasteiger partial charge in [0.05, 0.1) is 33.1 Å². The van der Waals surface area contributed by atoms with Crippen LogP contribution in [0.3, 0.4) is 0 Å². The first-order valence-electron chi connectivity index (χ1n) is 13.9. The molecule has 0 radical (unpaired) electrons. The summed E-state index contributed by atoms with van der Waals surface area (Å²) in [5.41, 5.74) is 2.97. The van der Waals surface area contributed by atoms with Crippen molar-refractivity contribution in [2.45, 2.75) is 12.6 Å². The Hall–Kier alpha value is -3.69. The summed E-state index contributed by atoms with van der Waals surface area (Å²) in [5.74, 6) is -0.183. The average molecular weight is 626 g/mol. The molecular weight excluding hydrogens is 593 g/mol. The minimum absolute atomic E-state index is 0.00239. The minimum atomic E-state index is -3.28. The molecule has 43 heavy (non-hydrogen) atoms. The van der Waals surface area contributed by atoms with E-state index >= 15 is 4.39 Å². The van der Waals surface area contributed by atoms with E-state index in [4.69, 9.17) is 9.72 Å². The smallest absolute Gasteiger partial charge is 0.319 e. The number of carbonyl (C=O) groups is 1. The number of hydrogen-bond donors (Lipinski definition) is 2. The van der Waals surface area contributed by atoms with Crippen molar-refractivity contribution in [3.63, 3.8) is 0 Å². The van der Waals surface area contributed by atoms with Crippen LogP contribution in [0.15, 0.2) is 54.9 Å². The second kappa shape index (κ2) is 12.1. The van der Waals surface area contributed by atoms with Crippen LogP contribution in [0.4, 0.5) is 14.9 Å². The molecule has 0 aliphatic carbocycles. The quantitative estimate of drug-likeness (QED) is 0.304. The first-order valence-corrected chi connectivity index (χ1v) is 16.5. The van der Waals surface area contributed by atoms with E-state index in [0.29, 0.717) is 5.75 Å². The summed E-state index contributed by atoms with van der Waals surface area (Å²) in [6.45, 7) is 5.53. The van der Waals surface area contributed by atoms with Crippen molar-refractivity contribution >= 4 is 43.3 Å². The van der Waals surface area contributed by atoms with Gasteiger partial charge < -0.3 is 20.3 Å². The van der Waals surface area contributed by atoms with E-state index in [-0.39, 0.29) is 30.6 Å². The van der Waals surface area contributed by atoms with Crippen LogP contribution in [-0.4, -0.2) is 97.1 Å². The highest BCUT2D eigenvalue weighted by molar-refractivity contribution is 7.88. The van der Waals surface area contributed by atoms with Crippen molar-refractivity contribution in [1.82, 2.24) is 29.4 Å². The summed E-state index contributed by atoms with van der Waals surface area (Å²) < 4.78 is 46.0. The molecular formula is C29H32FN7O4S2. The summed E-state index contributed by atoms with van der Waals surface area (Å²) in [4.78, 5) is 27.2. The van der Waals surface area contributed by atoms with Crippen LogP contribution in [0.2, 0.25) is 0 Å². The van der Waals surface area contributed by atoms with Crippen molar-refractivity contribution in [1.29, 1.82) is 0 Å². The van der Waals surface area contributed by atoms with Gasteiger partial charge in [-0.25, -0.2) is 17.6 Å². The highest BCUT2D eigenvalue weighted by Gasteiger charge is 2.34. The lowest BCUT2D eigenvalue weighted by Crippen LogP contribution is -2.61. The lowest BCUT2D eigenvalue weighted by molar-refractivity contribution is 0.148. The van der Waals surface area contributed by atoms with Crippen LogP contribution >= 0.6 is 11.3 Å². The molecule has 14 heteroatoms. The van der Waals surface area contributed by atoms with E-state index in [9.17, 15) is 13.2 Å². The number of urea groups is 1. The maximum atomic E-state index is 15.0. The molecule has 0 bridgehead atoms. The molecule has 0 spiro atoms. The molecule has 0 saturated carbocycles. The van der Waals surface area contributed by atoms with Gasteiger partial charge in [0.25, 0.3) is 0 Å². The number of nitrogens with one attached hydrogen (secondary N) is 2. The lowest BCUT2D eigenvalue weighted by atomic mass is 10.2. The number of sulfonamides is 1. The first kappa shape index (κ1) is 29.4. The molecule has 2 fully saturated rings. The van der Waals surface area contributed by atoms with E-state index in [2.05, 4.69) is 38.5 Å². The fourth-order valence-electron chi connectivity index (χ4n) is 4.98. The number of likely N-dealkylation sites (N-methyl/N-ethyl adjacent to an activating group) is 1. The molecule has 2 aliphatic heterocycles. The minimum Gasteiger partial charge on any atom is -0.453 e. The number of rotatable bonds is 8. The molecule has 6 rings (SSSR count). The molecule has 2 amide bonds. The number of halogens is 1. The maximum absolute atomic E-state index is 15.0. The number of thiophene rings is 1. The number of ether oxygens (including phenoxy) is 1. The summed E-state index contributed by atoms with van der Waals surface area (Å²) in [6.07, 6.45) is 4.66. The predicted octanol–water partition coefficient (Wildman–Crippen LogP) is 3.80. The van der Waals surface area contributed by atoms with Gasteiger partial charge in [0.15, 0.2) is 11.6 Å². The van der Waals surface area contributed by atoms with Gasteiger partial charge in [-0.2, -0.15) is 4.31 Å². The number of benzene rings is 1.